The lowest BCUT2D eigenvalue weighted by molar-refractivity contribution is -0.122. The van der Waals surface area contributed by atoms with Gasteiger partial charge in [0.1, 0.15) is 5.78 Å². The Morgan fingerprint density at radius 2 is 1.59 bits per heavy atom. The van der Waals surface area contributed by atoms with Gasteiger partial charge in [-0.3, -0.25) is 4.79 Å². The number of allylic oxidation sites excluding steroid dienone is 2. The summed E-state index contributed by atoms with van der Waals surface area (Å²) in [6.45, 7) is 2.10. The summed E-state index contributed by atoms with van der Waals surface area (Å²) in [6.07, 6.45) is 2.84. The van der Waals surface area contributed by atoms with Crippen LogP contribution in [0.2, 0.25) is 0 Å². The minimum Gasteiger partial charge on any atom is -0.358 e. The van der Waals surface area contributed by atoms with Gasteiger partial charge in [-0.15, -0.1) is 11.8 Å². The van der Waals surface area contributed by atoms with Gasteiger partial charge >= 0.3 is 0 Å². The molecule has 0 saturated carbocycles. The normalized spacial score (nSPS) is 23.3. The first-order valence-electron chi connectivity index (χ1n) is 10.1. The molecular weight excluding hydrogens is 374 g/mol. The highest BCUT2D eigenvalue weighted by Crippen LogP contribution is 2.51. The number of ketones is 1. The maximum atomic E-state index is 13.5. The number of carbonyl (C=O) groups is 1. The van der Waals surface area contributed by atoms with Crippen molar-refractivity contribution in [3.8, 4) is 0 Å². The molecule has 29 heavy (non-hydrogen) atoms. The summed E-state index contributed by atoms with van der Waals surface area (Å²) in [5.74, 6) is 0.279. The van der Waals surface area contributed by atoms with E-state index in [9.17, 15) is 4.79 Å². The van der Waals surface area contributed by atoms with Gasteiger partial charge in [0, 0.05) is 28.2 Å². The van der Waals surface area contributed by atoms with Crippen LogP contribution in [0.3, 0.4) is 0 Å². The third kappa shape index (κ3) is 3.51. The second-order valence-electron chi connectivity index (χ2n) is 7.86. The van der Waals surface area contributed by atoms with Crippen molar-refractivity contribution < 1.29 is 4.79 Å². The van der Waals surface area contributed by atoms with E-state index in [0.29, 0.717) is 12.2 Å². The van der Waals surface area contributed by atoms with E-state index in [2.05, 4.69) is 72.9 Å². The van der Waals surface area contributed by atoms with Crippen LogP contribution in [-0.2, 0) is 4.79 Å². The molecule has 0 unspecified atom stereocenters. The highest BCUT2D eigenvalue weighted by atomic mass is 32.2. The molecule has 0 bridgehead atoms. The number of thioether (sulfide) groups is 1. The molecule has 0 fully saturated rings. The van der Waals surface area contributed by atoms with Gasteiger partial charge in [0.2, 0.25) is 0 Å². The summed E-state index contributed by atoms with van der Waals surface area (Å²) in [5, 5.41) is 3.69. The van der Waals surface area contributed by atoms with Gasteiger partial charge in [0.05, 0.1) is 11.6 Å². The summed E-state index contributed by atoms with van der Waals surface area (Å²) in [4.78, 5) is 14.7. The molecule has 0 radical (unpaired) electrons. The molecule has 1 aliphatic carbocycles. The van der Waals surface area contributed by atoms with E-state index < -0.39 is 0 Å². The van der Waals surface area contributed by atoms with Crippen LogP contribution in [0.15, 0.2) is 95.5 Å². The first-order chi connectivity index (χ1) is 14.2. The van der Waals surface area contributed by atoms with Crippen LogP contribution in [0.25, 0.3) is 0 Å². The number of carbonyl (C=O) groups excluding carboxylic acids is 1. The third-order valence-electron chi connectivity index (χ3n) is 5.84. The van der Waals surface area contributed by atoms with Crippen molar-refractivity contribution in [3.05, 3.63) is 107 Å². The van der Waals surface area contributed by atoms with E-state index in [4.69, 9.17) is 0 Å². The molecule has 0 amide bonds. The minimum absolute atomic E-state index is 0.0715. The number of aryl methyl sites for hydroxylation is 1. The summed E-state index contributed by atoms with van der Waals surface area (Å²) < 4.78 is 0. The van der Waals surface area contributed by atoms with Crippen molar-refractivity contribution in [3.63, 3.8) is 0 Å². The summed E-state index contributed by atoms with van der Waals surface area (Å²) in [7, 11) is 0. The third-order valence-corrected chi connectivity index (χ3v) is 7.25. The van der Waals surface area contributed by atoms with Crippen LogP contribution in [0.5, 0.6) is 0 Å². The van der Waals surface area contributed by atoms with E-state index in [-0.39, 0.29) is 17.1 Å². The van der Waals surface area contributed by atoms with Crippen LogP contribution in [0.1, 0.15) is 34.3 Å². The van der Waals surface area contributed by atoms with E-state index in [1.807, 2.05) is 24.3 Å². The Morgan fingerprint density at radius 1 is 0.862 bits per heavy atom. The lowest BCUT2D eigenvalue weighted by Gasteiger charge is -2.31. The summed E-state index contributed by atoms with van der Waals surface area (Å²) >= 11 is 1.80. The lowest BCUT2D eigenvalue weighted by Crippen LogP contribution is -2.30. The van der Waals surface area contributed by atoms with Gasteiger partial charge in [-0.05, 0) is 30.2 Å². The minimum atomic E-state index is -0.157. The monoisotopic (exact) mass is 397 g/mol. The Kier molecular flexibility index (Phi) is 4.76. The van der Waals surface area contributed by atoms with E-state index in [0.717, 1.165) is 11.4 Å². The molecule has 3 heteroatoms. The SMILES string of the molecule is Cc1ccc([C@@H]2Sc3ccccc3NC3=C[C@@H](c4ccccc4)CC(=O)[C@H]32)cc1. The molecule has 3 aromatic rings. The number of Topliss-reactive ketones (excluding diaryl/α,β-unsaturated/α-hetero) is 1. The standard InChI is InChI=1S/C26H23NOS/c1-17-11-13-19(14-12-17)26-25-22(27-21-9-5-6-10-24(21)29-26)15-20(16-23(25)28)18-7-3-2-4-8-18/h2-15,20,25-27H,16H2,1H3/t20-,25+,26+/m1/s1. The van der Waals surface area contributed by atoms with Crippen molar-refractivity contribution >= 4 is 23.2 Å². The number of fused-ring (bicyclic) bond motifs is 2. The van der Waals surface area contributed by atoms with Gasteiger partial charge in [0.15, 0.2) is 0 Å². The maximum absolute atomic E-state index is 13.5. The fourth-order valence-corrected chi connectivity index (χ4v) is 5.72. The van der Waals surface area contributed by atoms with Gasteiger partial charge in [-0.25, -0.2) is 0 Å². The van der Waals surface area contributed by atoms with Crippen LogP contribution < -0.4 is 5.32 Å². The zero-order valence-electron chi connectivity index (χ0n) is 16.3. The van der Waals surface area contributed by atoms with Crippen molar-refractivity contribution in [1.29, 1.82) is 0 Å². The highest BCUT2D eigenvalue weighted by molar-refractivity contribution is 7.99. The molecule has 2 nitrogen and oxygen atoms in total. The van der Waals surface area contributed by atoms with Crippen LogP contribution >= 0.6 is 11.8 Å². The first-order valence-corrected chi connectivity index (χ1v) is 11.0. The first kappa shape index (κ1) is 18.3. The molecule has 144 valence electrons. The molecule has 1 aliphatic heterocycles. The zero-order chi connectivity index (χ0) is 19.8. The average molecular weight is 398 g/mol. The Balaban J connectivity index is 1.62. The fourth-order valence-electron chi connectivity index (χ4n) is 4.31. The molecule has 1 N–H and O–H groups in total. The highest BCUT2D eigenvalue weighted by Gasteiger charge is 2.40. The molecular formula is C26H23NOS. The second-order valence-corrected chi connectivity index (χ2v) is 9.04. The van der Waals surface area contributed by atoms with Crippen LogP contribution in [0, 0.1) is 12.8 Å². The number of anilines is 1. The van der Waals surface area contributed by atoms with Crippen molar-refractivity contribution in [2.45, 2.75) is 29.4 Å². The number of hydrogen-bond acceptors (Lipinski definition) is 3. The Hall–Kier alpha value is -2.78. The summed E-state index contributed by atoms with van der Waals surface area (Å²) in [5.41, 5.74) is 5.77. The van der Waals surface area contributed by atoms with Crippen LogP contribution in [-0.4, -0.2) is 5.78 Å². The maximum Gasteiger partial charge on any atom is 0.144 e. The molecule has 3 aromatic carbocycles. The number of nitrogens with one attached hydrogen (secondary N) is 1. The number of rotatable bonds is 2. The fraction of sp³-hybridized carbons (Fsp3) is 0.192. The number of benzene rings is 3. The Morgan fingerprint density at radius 3 is 2.38 bits per heavy atom. The number of para-hydroxylation sites is 1. The molecule has 5 rings (SSSR count). The van der Waals surface area contributed by atoms with Crippen molar-refractivity contribution in [2.75, 3.05) is 5.32 Å². The van der Waals surface area contributed by atoms with Gasteiger partial charge in [-0.2, -0.15) is 0 Å². The largest absolute Gasteiger partial charge is 0.358 e. The van der Waals surface area contributed by atoms with Crippen molar-refractivity contribution in [2.24, 2.45) is 5.92 Å². The molecule has 3 atom stereocenters. The molecule has 0 aromatic heterocycles. The predicted molar refractivity (Wildman–Crippen MR) is 120 cm³/mol. The topological polar surface area (TPSA) is 29.1 Å². The van der Waals surface area contributed by atoms with Gasteiger partial charge in [-0.1, -0.05) is 78.4 Å². The zero-order valence-corrected chi connectivity index (χ0v) is 17.2. The molecule has 0 spiro atoms. The Bertz CT molecular complexity index is 1070. The van der Waals surface area contributed by atoms with Gasteiger partial charge in [0.25, 0.3) is 0 Å². The van der Waals surface area contributed by atoms with E-state index >= 15 is 0 Å². The lowest BCUT2D eigenvalue weighted by atomic mass is 9.78. The van der Waals surface area contributed by atoms with E-state index in [1.54, 1.807) is 11.8 Å². The Labute approximate surface area is 176 Å². The summed E-state index contributed by atoms with van der Waals surface area (Å²) in [6, 6.07) is 27.4. The van der Waals surface area contributed by atoms with Crippen molar-refractivity contribution in [1.82, 2.24) is 0 Å². The molecule has 1 heterocycles. The molecule has 0 saturated heterocycles. The van der Waals surface area contributed by atoms with E-state index in [1.165, 1.54) is 21.6 Å². The quantitative estimate of drug-likeness (QED) is 0.534. The van der Waals surface area contributed by atoms with Gasteiger partial charge < -0.3 is 5.32 Å². The van der Waals surface area contributed by atoms with Crippen LogP contribution in [0.4, 0.5) is 5.69 Å². The molecule has 2 aliphatic rings. The smallest absolute Gasteiger partial charge is 0.144 e. The predicted octanol–water partition coefficient (Wildman–Crippen LogP) is 6.51. The number of hydrogen-bond donors (Lipinski definition) is 1. The average Bonchev–Trinajstić information content (AvgIpc) is 2.92. The second kappa shape index (κ2) is 7.57.